The first-order chi connectivity index (χ1) is 12.1. The number of nitrogens with one attached hydrogen (secondary N) is 1. The average molecular weight is 335 g/mol. The molecule has 0 fully saturated rings. The maximum atomic E-state index is 11.6. The number of carbonyl (C=O) groups is 2. The van der Waals surface area contributed by atoms with E-state index in [1.807, 2.05) is 54.6 Å². The fraction of sp³-hybridized carbons (Fsp3) is 0.238. The van der Waals surface area contributed by atoms with Gasteiger partial charge in [0.05, 0.1) is 0 Å². The van der Waals surface area contributed by atoms with Crippen molar-refractivity contribution in [3.8, 4) is 11.8 Å². The SMILES string of the molecule is CC(=O)Cc1ccccc1C#CCCNC(=O)OCc1ccccc1. The second-order valence-corrected chi connectivity index (χ2v) is 5.58. The van der Waals surface area contributed by atoms with Crippen LogP contribution in [0.1, 0.15) is 30.0 Å². The Hall–Kier alpha value is -3.06. The average Bonchev–Trinajstić information content (AvgIpc) is 2.61. The van der Waals surface area contributed by atoms with Crippen LogP contribution in [0.3, 0.4) is 0 Å². The van der Waals surface area contributed by atoms with Crippen molar-refractivity contribution in [2.24, 2.45) is 0 Å². The van der Waals surface area contributed by atoms with Crippen molar-refractivity contribution >= 4 is 11.9 Å². The highest BCUT2D eigenvalue weighted by Crippen LogP contribution is 2.08. The molecule has 0 aliphatic carbocycles. The van der Waals surface area contributed by atoms with Crippen molar-refractivity contribution < 1.29 is 14.3 Å². The highest BCUT2D eigenvalue weighted by atomic mass is 16.5. The largest absolute Gasteiger partial charge is 0.445 e. The Kier molecular flexibility index (Phi) is 7.27. The fourth-order valence-electron chi connectivity index (χ4n) is 2.22. The Morgan fingerprint density at radius 3 is 2.52 bits per heavy atom. The number of ether oxygens (including phenoxy) is 1. The number of amides is 1. The van der Waals surface area contributed by atoms with E-state index in [4.69, 9.17) is 4.74 Å². The number of hydrogen-bond donors (Lipinski definition) is 1. The molecule has 2 aromatic carbocycles. The van der Waals surface area contributed by atoms with Crippen LogP contribution in [-0.4, -0.2) is 18.4 Å². The van der Waals surface area contributed by atoms with Gasteiger partial charge in [0.2, 0.25) is 0 Å². The molecule has 128 valence electrons. The molecule has 0 spiro atoms. The molecule has 0 saturated heterocycles. The highest BCUT2D eigenvalue weighted by Gasteiger charge is 2.02. The number of ketones is 1. The molecule has 0 aliphatic rings. The molecule has 4 heteroatoms. The molecule has 2 rings (SSSR count). The van der Waals surface area contributed by atoms with Crippen molar-refractivity contribution in [2.45, 2.75) is 26.4 Å². The molecule has 4 nitrogen and oxygen atoms in total. The smallest absolute Gasteiger partial charge is 0.407 e. The Morgan fingerprint density at radius 1 is 1.04 bits per heavy atom. The standard InChI is InChI=1S/C21H21NO3/c1-17(23)15-20-13-6-5-11-19(20)12-7-8-14-22-21(24)25-16-18-9-3-2-4-10-18/h2-6,9-11,13H,8,14-16H2,1H3,(H,22,24). The molecule has 25 heavy (non-hydrogen) atoms. The summed E-state index contributed by atoms with van der Waals surface area (Å²) in [4.78, 5) is 22.9. The summed E-state index contributed by atoms with van der Waals surface area (Å²) < 4.78 is 5.12. The Bertz CT molecular complexity index is 772. The van der Waals surface area contributed by atoms with E-state index < -0.39 is 6.09 Å². The van der Waals surface area contributed by atoms with Crippen LogP contribution in [0.4, 0.5) is 4.79 Å². The predicted molar refractivity (Wildman–Crippen MR) is 97.0 cm³/mol. The molecule has 1 amide bonds. The third-order valence-corrected chi connectivity index (χ3v) is 3.41. The van der Waals surface area contributed by atoms with Gasteiger partial charge in [0, 0.05) is 24.9 Å². The fourth-order valence-corrected chi connectivity index (χ4v) is 2.22. The minimum atomic E-state index is -0.456. The van der Waals surface area contributed by atoms with Gasteiger partial charge >= 0.3 is 6.09 Å². The van der Waals surface area contributed by atoms with Gasteiger partial charge in [-0.1, -0.05) is 60.4 Å². The number of rotatable bonds is 6. The number of benzene rings is 2. The monoisotopic (exact) mass is 335 g/mol. The molecule has 2 aromatic rings. The first kappa shape index (κ1) is 18.3. The zero-order chi connectivity index (χ0) is 17.9. The minimum absolute atomic E-state index is 0.108. The topological polar surface area (TPSA) is 55.4 Å². The van der Waals surface area contributed by atoms with E-state index in [1.54, 1.807) is 6.92 Å². The first-order valence-corrected chi connectivity index (χ1v) is 8.16. The van der Waals surface area contributed by atoms with E-state index in [-0.39, 0.29) is 12.4 Å². The number of alkyl carbamates (subject to hydrolysis) is 1. The summed E-state index contributed by atoms with van der Waals surface area (Å²) in [5, 5.41) is 2.67. The summed E-state index contributed by atoms with van der Waals surface area (Å²) in [7, 11) is 0. The first-order valence-electron chi connectivity index (χ1n) is 8.16. The quantitative estimate of drug-likeness (QED) is 0.649. The number of hydrogen-bond acceptors (Lipinski definition) is 3. The maximum absolute atomic E-state index is 11.6. The second-order valence-electron chi connectivity index (χ2n) is 5.58. The number of Topliss-reactive ketones (excluding diaryl/α,β-unsaturated/α-hetero) is 1. The zero-order valence-corrected chi connectivity index (χ0v) is 14.2. The predicted octanol–water partition coefficient (Wildman–Crippen LogP) is 3.49. The van der Waals surface area contributed by atoms with E-state index in [1.165, 1.54) is 0 Å². The van der Waals surface area contributed by atoms with Crippen LogP contribution in [-0.2, 0) is 22.6 Å². The van der Waals surface area contributed by atoms with Crippen LogP contribution < -0.4 is 5.32 Å². The summed E-state index contributed by atoms with van der Waals surface area (Å²) in [6, 6.07) is 17.1. The molecule has 0 unspecified atom stereocenters. The van der Waals surface area contributed by atoms with Gasteiger partial charge < -0.3 is 10.1 Å². The molecular weight excluding hydrogens is 314 g/mol. The van der Waals surface area contributed by atoms with Gasteiger partial charge in [-0.05, 0) is 24.1 Å². The summed E-state index contributed by atoms with van der Waals surface area (Å²) in [5.41, 5.74) is 2.72. The van der Waals surface area contributed by atoms with Gasteiger partial charge in [-0.25, -0.2) is 4.79 Å². The molecule has 0 aliphatic heterocycles. The lowest BCUT2D eigenvalue weighted by Gasteiger charge is -2.05. The molecule has 1 N–H and O–H groups in total. The van der Waals surface area contributed by atoms with E-state index >= 15 is 0 Å². The van der Waals surface area contributed by atoms with E-state index in [0.29, 0.717) is 19.4 Å². The van der Waals surface area contributed by atoms with Crippen LogP contribution in [0.2, 0.25) is 0 Å². The van der Waals surface area contributed by atoms with Gasteiger partial charge in [0.1, 0.15) is 12.4 Å². The van der Waals surface area contributed by atoms with Gasteiger partial charge in [0.25, 0.3) is 0 Å². The van der Waals surface area contributed by atoms with E-state index in [9.17, 15) is 9.59 Å². The molecule has 0 saturated carbocycles. The number of carbonyl (C=O) groups excluding carboxylic acids is 2. The maximum Gasteiger partial charge on any atom is 0.407 e. The zero-order valence-electron chi connectivity index (χ0n) is 14.2. The second kappa shape index (κ2) is 9.94. The van der Waals surface area contributed by atoms with Crippen LogP contribution in [0.5, 0.6) is 0 Å². The lowest BCUT2D eigenvalue weighted by molar-refractivity contribution is -0.116. The minimum Gasteiger partial charge on any atom is -0.445 e. The lowest BCUT2D eigenvalue weighted by atomic mass is 10.0. The Labute approximate surface area is 148 Å². The van der Waals surface area contributed by atoms with Gasteiger partial charge in [-0.15, -0.1) is 0 Å². The van der Waals surface area contributed by atoms with E-state index in [2.05, 4.69) is 17.2 Å². The Morgan fingerprint density at radius 2 is 1.76 bits per heavy atom. The molecule has 0 radical (unpaired) electrons. The van der Waals surface area contributed by atoms with E-state index in [0.717, 1.165) is 16.7 Å². The molecular formula is C21H21NO3. The molecule has 0 atom stereocenters. The van der Waals surface area contributed by atoms with Gasteiger partial charge in [0.15, 0.2) is 0 Å². The van der Waals surface area contributed by atoms with Crippen molar-refractivity contribution in [1.29, 1.82) is 0 Å². The van der Waals surface area contributed by atoms with Crippen LogP contribution in [0, 0.1) is 11.8 Å². The van der Waals surface area contributed by atoms with Crippen LogP contribution >= 0.6 is 0 Å². The molecule has 0 heterocycles. The summed E-state index contributed by atoms with van der Waals surface area (Å²) in [5.74, 6) is 6.18. The van der Waals surface area contributed by atoms with Crippen molar-refractivity contribution in [2.75, 3.05) is 6.54 Å². The summed E-state index contributed by atoms with van der Waals surface area (Å²) >= 11 is 0. The third kappa shape index (κ3) is 6.92. The van der Waals surface area contributed by atoms with Crippen LogP contribution in [0.25, 0.3) is 0 Å². The summed E-state index contributed by atoms with van der Waals surface area (Å²) in [6.07, 6.45) is 0.437. The Balaban J connectivity index is 1.74. The van der Waals surface area contributed by atoms with Gasteiger partial charge in [-0.2, -0.15) is 0 Å². The van der Waals surface area contributed by atoms with Crippen molar-refractivity contribution in [3.63, 3.8) is 0 Å². The lowest BCUT2D eigenvalue weighted by Crippen LogP contribution is -2.24. The van der Waals surface area contributed by atoms with Crippen molar-refractivity contribution in [1.82, 2.24) is 5.32 Å². The molecule has 0 bridgehead atoms. The molecule has 0 aromatic heterocycles. The van der Waals surface area contributed by atoms with Crippen molar-refractivity contribution in [3.05, 3.63) is 71.3 Å². The highest BCUT2D eigenvalue weighted by molar-refractivity contribution is 5.79. The third-order valence-electron chi connectivity index (χ3n) is 3.41. The van der Waals surface area contributed by atoms with Crippen LogP contribution in [0.15, 0.2) is 54.6 Å². The summed E-state index contributed by atoms with van der Waals surface area (Å²) in [6.45, 7) is 2.22. The van der Waals surface area contributed by atoms with Gasteiger partial charge in [-0.3, -0.25) is 4.79 Å². The normalized spacial score (nSPS) is 9.64.